The minimum Gasteiger partial charge on any atom is -0.381 e. The van der Waals surface area contributed by atoms with Gasteiger partial charge in [0.2, 0.25) is 11.8 Å². The third-order valence-electron chi connectivity index (χ3n) is 6.86. The lowest BCUT2D eigenvalue weighted by Crippen LogP contribution is -2.50. The zero-order valence-corrected chi connectivity index (χ0v) is 17.8. The molecular formula is C22H31N5O3. The first kappa shape index (κ1) is 19.7. The van der Waals surface area contributed by atoms with Crippen molar-refractivity contribution in [2.45, 2.75) is 69.7 Å². The average Bonchev–Trinajstić information content (AvgIpc) is 3.25. The molecule has 5 rings (SSSR count). The van der Waals surface area contributed by atoms with Gasteiger partial charge in [0.1, 0.15) is 6.54 Å². The predicted molar refractivity (Wildman–Crippen MR) is 109 cm³/mol. The van der Waals surface area contributed by atoms with E-state index in [9.17, 15) is 4.79 Å². The second-order valence-corrected chi connectivity index (χ2v) is 9.34. The van der Waals surface area contributed by atoms with E-state index in [4.69, 9.17) is 14.2 Å². The molecule has 162 valence electrons. The summed E-state index contributed by atoms with van der Waals surface area (Å²) >= 11 is 0. The van der Waals surface area contributed by atoms with Gasteiger partial charge in [-0.15, -0.1) is 0 Å². The molecular weight excluding hydrogens is 382 g/mol. The molecule has 0 aromatic carbocycles. The molecule has 0 N–H and O–H groups in total. The van der Waals surface area contributed by atoms with Gasteiger partial charge in [-0.05, 0) is 51.0 Å². The monoisotopic (exact) mass is 413 g/mol. The number of carbonyl (C=O) groups excluding carboxylic acids is 1. The van der Waals surface area contributed by atoms with Gasteiger partial charge in [-0.2, -0.15) is 10.1 Å². The molecule has 0 radical (unpaired) electrons. The summed E-state index contributed by atoms with van der Waals surface area (Å²) in [7, 11) is 0. The van der Waals surface area contributed by atoms with E-state index in [2.05, 4.69) is 10.3 Å². The standard InChI is InChI=1S/C22H31N5O3/c1-16-5-10-27(24-16)14-19(28)26-9-2-8-22(15-26,13-17-3-4-17)21-23-20(30-25-21)18-6-11-29-12-7-18/h5,10,17-18H,2-4,6-9,11-15H2,1H3. The number of aromatic nitrogens is 4. The summed E-state index contributed by atoms with van der Waals surface area (Å²) in [4.78, 5) is 19.9. The van der Waals surface area contributed by atoms with Crippen molar-refractivity contribution in [1.29, 1.82) is 0 Å². The smallest absolute Gasteiger partial charge is 0.244 e. The number of likely N-dealkylation sites (tertiary alicyclic amines) is 1. The number of hydrogen-bond acceptors (Lipinski definition) is 6. The Bertz CT molecular complexity index is 883. The quantitative estimate of drug-likeness (QED) is 0.724. The van der Waals surface area contributed by atoms with Crippen LogP contribution in [0.4, 0.5) is 0 Å². The van der Waals surface area contributed by atoms with E-state index >= 15 is 0 Å². The summed E-state index contributed by atoms with van der Waals surface area (Å²) in [5, 5.41) is 8.84. The van der Waals surface area contributed by atoms with Crippen molar-refractivity contribution in [3.05, 3.63) is 29.7 Å². The van der Waals surface area contributed by atoms with Gasteiger partial charge in [-0.25, -0.2) is 0 Å². The molecule has 0 bridgehead atoms. The summed E-state index contributed by atoms with van der Waals surface area (Å²) in [6.07, 6.45) is 9.31. The SMILES string of the molecule is Cc1ccn(CC(=O)N2CCCC(CC3CC3)(c3noc(C4CCOCC4)n3)C2)n1. The lowest BCUT2D eigenvalue weighted by molar-refractivity contribution is -0.134. The number of carbonyl (C=O) groups is 1. The van der Waals surface area contributed by atoms with E-state index in [1.807, 2.05) is 24.1 Å². The molecule has 2 aliphatic heterocycles. The maximum atomic E-state index is 13.0. The van der Waals surface area contributed by atoms with Crippen LogP contribution in [0.1, 0.15) is 68.3 Å². The zero-order chi connectivity index (χ0) is 20.6. The van der Waals surface area contributed by atoms with Gasteiger partial charge in [0, 0.05) is 38.4 Å². The molecule has 1 saturated carbocycles. The number of piperidine rings is 1. The Morgan fingerprint density at radius 2 is 2.10 bits per heavy atom. The third-order valence-corrected chi connectivity index (χ3v) is 6.86. The molecule has 8 heteroatoms. The molecule has 0 spiro atoms. The number of hydrogen-bond donors (Lipinski definition) is 0. The molecule has 1 amide bonds. The van der Waals surface area contributed by atoms with Crippen LogP contribution in [0.3, 0.4) is 0 Å². The van der Waals surface area contributed by atoms with Crippen LogP contribution in [0, 0.1) is 12.8 Å². The van der Waals surface area contributed by atoms with Crippen LogP contribution in [0.15, 0.2) is 16.8 Å². The molecule has 1 aliphatic carbocycles. The highest BCUT2D eigenvalue weighted by Gasteiger charge is 2.46. The first-order valence-electron chi connectivity index (χ1n) is 11.3. The van der Waals surface area contributed by atoms with Gasteiger partial charge in [0.25, 0.3) is 0 Å². The van der Waals surface area contributed by atoms with E-state index in [1.54, 1.807) is 4.68 Å². The fourth-order valence-electron chi connectivity index (χ4n) is 5.01. The predicted octanol–water partition coefficient (Wildman–Crippen LogP) is 2.83. The zero-order valence-electron chi connectivity index (χ0n) is 17.8. The van der Waals surface area contributed by atoms with Crippen LogP contribution in [-0.4, -0.2) is 57.0 Å². The van der Waals surface area contributed by atoms with Crippen LogP contribution in [0.25, 0.3) is 0 Å². The molecule has 1 atom stereocenters. The molecule has 8 nitrogen and oxygen atoms in total. The minimum absolute atomic E-state index is 0.117. The Morgan fingerprint density at radius 1 is 1.27 bits per heavy atom. The second kappa shape index (κ2) is 8.13. The maximum absolute atomic E-state index is 13.0. The Kier molecular flexibility index (Phi) is 5.35. The summed E-state index contributed by atoms with van der Waals surface area (Å²) in [6.45, 7) is 5.20. The van der Waals surface area contributed by atoms with Crippen LogP contribution in [0.2, 0.25) is 0 Å². The highest BCUT2D eigenvalue weighted by atomic mass is 16.5. The number of nitrogens with zero attached hydrogens (tertiary/aromatic N) is 5. The number of rotatable bonds is 6. The van der Waals surface area contributed by atoms with Crippen molar-refractivity contribution in [2.75, 3.05) is 26.3 Å². The molecule has 2 aromatic rings. The van der Waals surface area contributed by atoms with Gasteiger partial charge in [0.15, 0.2) is 5.82 Å². The highest BCUT2D eigenvalue weighted by Crippen LogP contribution is 2.46. The fourth-order valence-corrected chi connectivity index (χ4v) is 5.01. The molecule has 3 fully saturated rings. The fraction of sp³-hybridized carbons (Fsp3) is 0.727. The lowest BCUT2D eigenvalue weighted by Gasteiger charge is -2.41. The molecule has 2 saturated heterocycles. The van der Waals surface area contributed by atoms with Crippen molar-refractivity contribution >= 4 is 5.91 Å². The minimum atomic E-state index is -0.192. The Hall–Kier alpha value is -2.22. The van der Waals surface area contributed by atoms with Gasteiger partial charge in [-0.3, -0.25) is 9.48 Å². The van der Waals surface area contributed by atoms with E-state index in [0.717, 1.165) is 75.2 Å². The number of aryl methyl sites for hydroxylation is 1. The van der Waals surface area contributed by atoms with Gasteiger partial charge in [0.05, 0.1) is 11.1 Å². The average molecular weight is 414 g/mol. The van der Waals surface area contributed by atoms with E-state index < -0.39 is 0 Å². The Morgan fingerprint density at radius 3 is 2.83 bits per heavy atom. The van der Waals surface area contributed by atoms with Gasteiger partial charge >= 0.3 is 0 Å². The van der Waals surface area contributed by atoms with Crippen LogP contribution >= 0.6 is 0 Å². The molecule has 1 unspecified atom stereocenters. The molecule has 30 heavy (non-hydrogen) atoms. The first-order chi connectivity index (χ1) is 14.6. The topological polar surface area (TPSA) is 86.3 Å². The summed E-state index contributed by atoms with van der Waals surface area (Å²) < 4.78 is 12.9. The van der Waals surface area contributed by atoms with Crippen molar-refractivity contribution in [3.63, 3.8) is 0 Å². The van der Waals surface area contributed by atoms with Crippen LogP contribution in [0.5, 0.6) is 0 Å². The van der Waals surface area contributed by atoms with Crippen LogP contribution < -0.4 is 0 Å². The van der Waals surface area contributed by atoms with E-state index in [1.165, 1.54) is 12.8 Å². The molecule has 2 aromatic heterocycles. The number of ether oxygens (including phenoxy) is 1. The molecule has 3 aliphatic rings. The van der Waals surface area contributed by atoms with Gasteiger partial charge in [-0.1, -0.05) is 18.0 Å². The third kappa shape index (κ3) is 4.15. The Labute approximate surface area is 177 Å². The normalized spacial score (nSPS) is 25.6. The molecule has 4 heterocycles. The van der Waals surface area contributed by atoms with Crippen LogP contribution in [-0.2, 0) is 21.5 Å². The van der Waals surface area contributed by atoms with Crippen molar-refractivity contribution < 1.29 is 14.1 Å². The van der Waals surface area contributed by atoms with Crippen molar-refractivity contribution in [3.8, 4) is 0 Å². The highest BCUT2D eigenvalue weighted by molar-refractivity contribution is 5.76. The number of amides is 1. The first-order valence-corrected chi connectivity index (χ1v) is 11.3. The van der Waals surface area contributed by atoms with Crippen molar-refractivity contribution in [2.24, 2.45) is 5.92 Å². The summed E-state index contributed by atoms with van der Waals surface area (Å²) in [5.41, 5.74) is 0.735. The summed E-state index contributed by atoms with van der Waals surface area (Å²) in [6, 6.07) is 1.93. The van der Waals surface area contributed by atoms with Crippen molar-refractivity contribution in [1.82, 2.24) is 24.8 Å². The largest absolute Gasteiger partial charge is 0.381 e. The summed E-state index contributed by atoms with van der Waals surface area (Å²) in [5.74, 6) is 2.69. The lowest BCUT2D eigenvalue weighted by atomic mass is 9.74. The Balaban J connectivity index is 1.35. The van der Waals surface area contributed by atoms with E-state index in [0.29, 0.717) is 12.5 Å². The second-order valence-electron chi connectivity index (χ2n) is 9.34. The van der Waals surface area contributed by atoms with E-state index in [-0.39, 0.29) is 17.9 Å². The van der Waals surface area contributed by atoms with Gasteiger partial charge < -0.3 is 14.2 Å². The maximum Gasteiger partial charge on any atom is 0.244 e.